The van der Waals surface area contributed by atoms with Crippen LogP contribution in [0, 0.1) is 5.82 Å². The van der Waals surface area contributed by atoms with Crippen molar-refractivity contribution in [2.24, 2.45) is 0 Å². The molecule has 164 valence electrons. The molecule has 0 saturated heterocycles. The maximum absolute atomic E-state index is 12.9. The first-order valence-corrected chi connectivity index (χ1v) is 9.72. The van der Waals surface area contributed by atoms with Gasteiger partial charge in [-0.2, -0.15) is 0 Å². The second-order valence-electron chi connectivity index (χ2n) is 7.68. The zero-order chi connectivity index (χ0) is 22.9. The third kappa shape index (κ3) is 9.58. The van der Waals surface area contributed by atoms with Gasteiger partial charge in [0.2, 0.25) is 11.8 Å². The molecule has 0 bridgehead atoms. The fraction of sp³-hybridized carbons (Fsp3) is 0.261. The molecule has 0 heterocycles. The number of halogens is 1. The molecule has 3 N–H and O–H groups in total. The number of anilines is 2. The summed E-state index contributed by atoms with van der Waals surface area (Å²) in [4.78, 5) is 35.7. The van der Waals surface area contributed by atoms with E-state index >= 15 is 0 Å². The van der Waals surface area contributed by atoms with Crippen molar-refractivity contribution < 1.29 is 23.5 Å². The SMILES string of the molecule is CC(C)(C)OC(=O)NCCC(=O)Nc1cccc(NC(=O)/C=C/c2ccc(F)cc2)c1. The summed E-state index contributed by atoms with van der Waals surface area (Å²) in [6.07, 6.45) is 2.38. The largest absolute Gasteiger partial charge is 0.444 e. The summed E-state index contributed by atoms with van der Waals surface area (Å²) in [5.41, 5.74) is 1.09. The molecule has 0 saturated carbocycles. The van der Waals surface area contributed by atoms with Gasteiger partial charge < -0.3 is 20.7 Å². The van der Waals surface area contributed by atoms with Gasteiger partial charge in [0.15, 0.2) is 0 Å². The summed E-state index contributed by atoms with van der Waals surface area (Å²) < 4.78 is 18.0. The molecular weight excluding hydrogens is 401 g/mol. The minimum Gasteiger partial charge on any atom is -0.444 e. The number of hydrogen-bond donors (Lipinski definition) is 3. The Bertz CT molecular complexity index is 950. The highest BCUT2D eigenvalue weighted by Crippen LogP contribution is 2.15. The molecule has 0 atom stereocenters. The molecular formula is C23H26FN3O4. The Kier molecular flexibility index (Phi) is 8.31. The van der Waals surface area contributed by atoms with Crippen LogP contribution in [0.1, 0.15) is 32.8 Å². The smallest absolute Gasteiger partial charge is 0.407 e. The summed E-state index contributed by atoms with van der Waals surface area (Å²) in [6.45, 7) is 5.39. The zero-order valence-electron chi connectivity index (χ0n) is 17.7. The zero-order valence-corrected chi connectivity index (χ0v) is 17.7. The third-order valence-electron chi connectivity index (χ3n) is 3.73. The van der Waals surface area contributed by atoms with Crippen LogP contribution in [0.25, 0.3) is 6.08 Å². The Morgan fingerprint density at radius 3 is 2.29 bits per heavy atom. The molecule has 2 rings (SSSR count). The number of ether oxygens (including phenoxy) is 1. The van der Waals surface area contributed by atoms with Crippen LogP contribution >= 0.6 is 0 Å². The van der Waals surface area contributed by atoms with Crippen LogP contribution in [0.15, 0.2) is 54.6 Å². The van der Waals surface area contributed by atoms with Gasteiger partial charge in [-0.3, -0.25) is 9.59 Å². The number of rotatable bonds is 7. The van der Waals surface area contributed by atoms with Gasteiger partial charge in [0.05, 0.1) is 0 Å². The van der Waals surface area contributed by atoms with Gasteiger partial charge in [0.1, 0.15) is 11.4 Å². The standard InChI is InChI=1S/C23H26FN3O4/c1-23(2,3)31-22(30)25-14-13-21(29)27-19-6-4-5-18(15-19)26-20(28)12-9-16-7-10-17(24)11-8-16/h4-12,15H,13-14H2,1-3H3,(H,25,30)(H,26,28)(H,27,29)/b12-9+. The molecule has 0 radical (unpaired) electrons. The van der Waals surface area contributed by atoms with E-state index in [4.69, 9.17) is 4.74 Å². The van der Waals surface area contributed by atoms with Gasteiger partial charge in [-0.15, -0.1) is 0 Å². The van der Waals surface area contributed by atoms with Gasteiger partial charge in [0, 0.05) is 30.4 Å². The summed E-state index contributed by atoms with van der Waals surface area (Å²) >= 11 is 0. The second-order valence-corrected chi connectivity index (χ2v) is 7.68. The van der Waals surface area contributed by atoms with Crippen molar-refractivity contribution in [3.8, 4) is 0 Å². The normalized spacial score (nSPS) is 11.1. The summed E-state index contributed by atoms with van der Waals surface area (Å²) in [7, 11) is 0. The van der Waals surface area contributed by atoms with Gasteiger partial charge >= 0.3 is 6.09 Å². The molecule has 8 heteroatoms. The lowest BCUT2D eigenvalue weighted by Gasteiger charge is -2.19. The van der Waals surface area contributed by atoms with Crippen molar-refractivity contribution in [3.63, 3.8) is 0 Å². The minimum atomic E-state index is -0.606. The van der Waals surface area contributed by atoms with Crippen molar-refractivity contribution in [2.45, 2.75) is 32.8 Å². The van der Waals surface area contributed by atoms with Crippen LogP contribution in [0.5, 0.6) is 0 Å². The summed E-state index contributed by atoms with van der Waals surface area (Å²) in [6, 6.07) is 12.4. The van der Waals surface area contributed by atoms with E-state index in [1.165, 1.54) is 18.2 Å². The lowest BCUT2D eigenvalue weighted by Crippen LogP contribution is -2.34. The van der Waals surface area contributed by atoms with E-state index in [1.807, 2.05) is 0 Å². The van der Waals surface area contributed by atoms with E-state index in [2.05, 4.69) is 16.0 Å². The second kappa shape index (κ2) is 10.9. The lowest BCUT2D eigenvalue weighted by molar-refractivity contribution is -0.116. The van der Waals surface area contributed by atoms with Crippen LogP contribution < -0.4 is 16.0 Å². The number of carbonyl (C=O) groups excluding carboxylic acids is 3. The van der Waals surface area contributed by atoms with Gasteiger partial charge in [-0.05, 0) is 62.7 Å². The van der Waals surface area contributed by atoms with Crippen molar-refractivity contribution in [1.29, 1.82) is 0 Å². The molecule has 0 aromatic heterocycles. The van der Waals surface area contributed by atoms with Crippen molar-refractivity contribution >= 4 is 35.4 Å². The molecule has 0 aliphatic rings. The first-order valence-electron chi connectivity index (χ1n) is 9.72. The molecule has 3 amide bonds. The number of alkyl carbamates (subject to hydrolysis) is 1. The lowest BCUT2D eigenvalue weighted by atomic mass is 10.2. The fourth-order valence-electron chi connectivity index (χ4n) is 2.42. The number of benzene rings is 2. The Labute approximate surface area is 180 Å². The first kappa shape index (κ1) is 23.6. The van der Waals surface area contributed by atoms with Crippen LogP contribution in [0.2, 0.25) is 0 Å². The van der Waals surface area contributed by atoms with Crippen LogP contribution in [-0.2, 0) is 14.3 Å². The molecule has 2 aromatic carbocycles. The molecule has 7 nitrogen and oxygen atoms in total. The van der Waals surface area contributed by atoms with E-state index in [1.54, 1.807) is 63.2 Å². The number of hydrogen-bond acceptors (Lipinski definition) is 4. The predicted octanol–water partition coefficient (Wildman–Crippen LogP) is 4.33. The summed E-state index contributed by atoms with van der Waals surface area (Å²) in [5, 5.41) is 7.91. The average molecular weight is 427 g/mol. The van der Waals surface area contributed by atoms with E-state index in [-0.39, 0.29) is 30.6 Å². The average Bonchev–Trinajstić information content (AvgIpc) is 2.66. The molecule has 0 fully saturated rings. The van der Waals surface area contributed by atoms with Gasteiger partial charge in [-0.25, -0.2) is 9.18 Å². The number of nitrogens with one attached hydrogen (secondary N) is 3. The summed E-state index contributed by atoms with van der Waals surface area (Å²) in [5.74, 6) is -1.01. The van der Waals surface area contributed by atoms with E-state index < -0.39 is 11.7 Å². The topological polar surface area (TPSA) is 96.5 Å². The van der Waals surface area contributed by atoms with Crippen LogP contribution in [0.4, 0.5) is 20.6 Å². The molecule has 2 aromatic rings. The highest BCUT2D eigenvalue weighted by molar-refractivity contribution is 6.02. The predicted molar refractivity (Wildman–Crippen MR) is 118 cm³/mol. The Hall–Kier alpha value is -3.68. The van der Waals surface area contributed by atoms with E-state index in [0.29, 0.717) is 16.9 Å². The van der Waals surface area contributed by atoms with Gasteiger partial charge in [0.25, 0.3) is 0 Å². The van der Waals surface area contributed by atoms with Crippen LogP contribution in [-0.4, -0.2) is 30.1 Å². The number of carbonyl (C=O) groups is 3. The highest BCUT2D eigenvalue weighted by atomic mass is 19.1. The van der Waals surface area contributed by atoms with Gasteiger partial charge in [-0.1, -0.05) is 18.2 Å². The fourth-order valence-corrected chi connectivity index (χ4v) is 2.42. The molecule has 0 aliphatic carbocycles. The molecule has 0 spiro atoms. The van der Waals surface area contributed by atoms with Crippen LogP contribution in [0.3, 0.4) is 0 Å². The van der Waals surface area contributed by atoms with E-state index in [9.17, 15) is 18.8 Å². The Morgan fingerprint density at radius 1 is 1.00 bits per heavy atom. The maximum atomic E-state index is 12.9. The molecule has 0 aliphatic heterocycles. The van der Waals surface area contributed by atoms with E-state index in [0.717, 1.165) is 0 Å². The Balaban J connectivity index is 1.81. The van der Waals surface area contributed by atoms with Crippen molar-refractivity contribution in [3.05, 3.63) is 66.0 Å². The minimum absolute atomic E-state index is 0.0657. The van der Waals surface area contributed by atoms with Crippen molar-refractivity contribution in [2.75, 3.05) is 17.2 Å². The molecule has 31 heavy (non-hydrogen) atoms. The Morgan fingerprint density at radius 2 is 1.65 bits per heavy atom. The number of amides is 3. The first-order chi connectivity index (χ1) is 14.6. The molecule has 0 unspecified atom stereocenters. The highest BCUT2D eigenvalue weighted by Gasteiger charge is 2.15. The quantitative estimate of drug-likeness (QED) is 0.573. The third-order valence-corrected chi connectivity index (χ3v) is 3.73. The monoisotopic (exact) mass is 427 g/mol. The maximum Gasteiger partial charge on any atom is 0.407 e. The van der Waals surface area contributed by atoms with Crippen molar-refractivity contribution in [1.82, 2.24) is 5.32 Å².